The topological polar surface area (TPSA) is 30.9 Å². The summed E-state index contributed by atoms with van der Waals surface area (Å²) in [5, 5.41) is 0.978. The Bertz CT molecular complexity index is 514. The molecule has 0 aliphatic carbocycles. The van der Waals surface area contributed by atoms with E-state index in [0.29, 0.717) is 12.6 Å². The molecular weight excluding hydrogens is 215 g/mol. The largest absolute Gasteiger partial charge is 0.342 e. The lowest BCUT2D eigenvalue weighted by Crippen LogP contribution is -2.08. The highest BCUT2D eigenvalue weighted by atomic mass is 19.1. The monoisotopic (exact) mass is 234 g/mol. The first kappa shape index (κ1) is 12.1. The van der Waals surface area contributed by atoms with Gasteiger partial charge in [0, 0.05) is 22.6 Å². The van der Waals surface area contributed by atoms with E-state index in [1.54, 1.807) is 6.07 Å². The number of fused-ring (bicyclic) bond motifs is 1. The normalized spacial score (nSPS) is 11.6. The lowest BCUT2D eigenvalue weighted by Gasteiger charge is -2.14. The van der Waals surface area contributed by atoms with Crippen LogP contribution in [0.3, 0.4) is 0 Å². The first-order valence-corrected chi connectivity index (χ1v) is 6.13. The fourth-order valence-corrected chi connectivity index (χ4v) is 2.35. The van der Waals surface area contributed by atoms with Gasteiger partial charge in [-0.25, -0.2) is 4.39 Å². The summed E-state index contributed by atoms with van der Waals surface area (Å²) < 4.78 is 15.5. The summed E-state index contributed by atoms with van der Waals surface area (Å²) in [5.41, 5.74) is 7.90. The zero-order chi connectivity index (χ0) is 12.4. The van der Waals surface area contributed by atoms with Gasteiger partial charge in [-0.1, -0.05) is 0 Å². The van der Waals surface area contributed by atoms with Crippen molar-refractivity contribution in [1.29, 1.82) is 0 Å². The minimum atomic E-state index is -0.177. The van der Waals surface area contributed by atoms with Gasteiger partial charge >= 0.3 is 0 Å². The second-order valence-electron chi connectivity index (χ2n) is 4.69. The predicted octanol–water partition coefficient (Wildman–Crippen LogP) is 3.25. The summed E-state index contributed by atoms with van der Waals surface area (Å²) >= 11 is 0. The van der Waals surface area contributed by atoms with Gasteiger partial charge in [-0.2, -0.15) is 0 Å². The number of nitrogens with zero attached hydrogens (tertiary/aromatic N) is 1. The van der Waals surface area contributed by atoms with E-state index in [1.165, 1.54) is 11.8 Å². The van der Waals surface area contributed by atoms with Crippen molar-refractivity contribution >= 4 is 10.9 Å². The Labute approximate surface area is 101 Å². The van der Waals surface area contributed by atoms with Gasteiger partial charge < -0.3 is 10.3 Å². The lowest BCUT2D eigenvalue weighted by atomic mass is 10.2. The highest BCUT2D eigenvalue weighted by Crippen LogP contribution is 2.25. The molecule has 0 fully saturated rings. The number of halogens is 1. The molecule has 2 aromatic rings. The minimum Gasteiger partial charge on any atom is -0.342 e. The second-order valence-corrected chi connectivity index (χ2v) is 4.69. The molecule has 92 valence electrons. The van der Waals surface area contributed by atoms with Gasteiger partial charge in [0.1, 0.15) is 5.82 Å². The van der Waals surface area contributed by atoms with Gasteiger partial charge in [-0.3, -0.25) is 0 Å². The van der Waals surface area contributed by atoms with Crippen molar-refractivity contribution in [3.8, 4) is 0 Å². The number of benzene rings is 1. The second kappa shape index (κ2) is 4.88. The van der Waals surface area contributed by atoms with Crippen LogP contribution in [0.5, 0.6) is 0 Å². The summed E-state index contributed by atoms with van der Waals surface area (Å²) in [6, 6.07) is 7.43. The molecule has 0 aliphatic heterocycles. The fraction of sp³-hybridized carbons (Fsp3) is 0.429. The molecule has 0 aliphatic rings. The van der Waals surface area contributed by atoms with Crippen LogP contribution in [-0.4, -0.2) is 11.1 Å². The zero-order valence-corrected chi connectivity index (χ0v) is 10.4. The molecule has 1 aromatic carbocycles. The van der Waals surface area contributed by atoms with E-state index in [1.807, 2.05) is 6.07 Å². The Hall–Kier alpha value is -1.35. The molecular formula is C14H19FN2. The van der Waals surface area contributed by atoms with E-state index in [-0.39, 0.29) is 5.82 Å². The number of aromatic nitrogens is 1. The van der Waals surface area contributed by atoms with Crippen LogP contribution >= 0.6 is 0 Å². The number of aryl methyl sites for hydroxylation is 1. The third kappa shape index (κ3) is 2.34. The first-order valence-electron chi connectivity index (χ1n) is 6.13. The van der Waals surface area contributed by atoms with E-state index >= 15 is 0 Å². The van der Waals surface area contributed by atoms with Crippen molar-refractivity contribution in [3.05, 3.63) is 35.8 Å². The number of hydrogen-bond donors (Lipinski definition) is 1. The molecule has 0 radical (unpaired) electrons. The third-order valence-electron chi connectivity index (χ3n) is 3.03. The van der Waals surface area contributed by atoms with Crippen molar-refractivity contribution in [3.63, 3.8) is 0 Å². The predicted molar refractivity (Wildman–Crippen MR) is 69.7 cm³/mol. The van der Waals surface area contributed by atoms with Crippen LogP contribution in [0.15, 0.2) is 24.3 Å². The molecule has 17 heavy (non-hydrogen) atoms. The highest BCUT2D eigenvalue weighted by molar-refractivity contribution is 5.81. The van der Waals surface area contributed by atoms with E-state index < -0.39 is 0 Å². The van der Waals surface area contributed by atoms with Gasteiger partial charge in [0.2, 0.25) is 0 Å². The van der Waals surface area contributed by atoms with Crippen LogP contribution in [0.1, 0.15) is 32.0 Å². The van der Waals surface area contributed by atoms with Gasteiger partial charge in [0.15, 0.2) is 0 Å². The Kier molecular flexibility index (Phi) is 3.48. The van der Waals surface area contributed by atoms with Gasteiger partial charge in [-0.05, 0) is 57.5 Å². The molecule has 2 nitrogen and oxygen atoms in total. The summed E-state index contributed by atoms with van der Waals surface area (Å²) in [6.07, 6.45) is 1.91. The minimum absolute atomic E-state index is 0.177. The Morgan fingerprint density at radius 3 is 2.71 bits per heavy atom. The Morgan fingerprint density at radius 2 is 2.06 bits per heavy atom. The van der Waals surface area contributed by atoms with Crippen LogP contribution in [-0.2, 0) is 6.42 Å². The Morgan fingerprint density at radius 1 is 1.29 bits per heavy atom. The van der Waals surface area contributed by atoms with Crippen LogP contribution in [0.25, 0.3) is 10.9 Å². The highest BCUT2D eigenvalue weighted by Gasteiger charge is 2.11. The summed E-state index contributed by atoms with van der Waals surface area (Å²) in [7, 11) is 0. The van der Waals surface area contributed by atoms with Crippen LogP contribution in [0.4, 0.5) is 4.39 Å². The van der Waals surface area contributed by atoms with Crippen molar-refractivity contribution in [2.45, 2.75) is 32.7 Å². The first-order chi connectivity index (χ1) is 8.13. The molecule has 0 amide bonds. The SMILES string of the molecule is CC(C)n1c(CCCN)cc2cc(F)ccc21. The lowest BCUT2D eigenvalue weighted by molar-refractivity contribution is 0.587. The molecule has 1 heterocycles. The number of rotatable bonds is 4. The van der Waals surface area contributed by atoms with E-state index in [2.05, 4.69) is 24.5 Å². The summed E-state index contributed by atoms with van der Waals surface area (Å²) in [4.78, 5) is 0. The van der Waals surface area contributed by atoms with Crippen LogP contribution in [0, 0.1) is 5.82 Å². The zero-order valence-electron chi connectivity index (χ0n) is 10.4. The van der Waals surface area contributed by atoms with Gasteiger partial charge in [0.05, 0.1) is 0 Å². The van der Waals surface area contributed by atoms with E-state index in [0.717, 1.165) is 23.7 Å². The van der Waals surface area contributed by atoms with Crippen molar-refractivity contribution in [2.75, 3.05) is 6.54 Å². The molecule has 0 saturated carbocycles. The molecule has 0 saturated heterocycles. The maximum Gasteiger partial charge on any atom is 0.123 e. The van der Waals surface area contributed by atoms with Crippen molar-refractivity contribution in [1.82, 2.24) is 4.57 Å². The van der Waals surface area contributed by atoms with Crippen molar-refractivity contribution < 1.29 is 4.39 Å². The number of nitrogens with two attached hydrogens (primary N) is 1. The van der Waals surface area contributed by atoms with E-state index in [4.69, 9.17) is 5.73 Å². The summed E-state index contributed by atoms with van der Waals surface area (Å²) in [5.74, 6) is -0.177. The standard InChI is InChI=1S/C14H19FN2/c1-10(2)17-13(4-3-7-16)9-11-8-12(15)5-6-14(11)17/h5-6,8-10H,3-4,7,16H2,1-2H3. The smallest absolute Gasteiger partial charge is 0.123 e. The maximum atomic E-state index is 13.2. The average molecular weight is 234 g/mol. The third-order valence-corrected chi connectivity index (χ3v) is 3.03. The fourth-order valence-electron chi connectivity index (χ4n) is 2.35. The van der Waals surface area contributed by atoms with E-state index in [9.17, 15) is 4.39 Å². The molecule has 2 rings (SSSR count). The average Bonchev–Trinajstić information content (AvgIpc) is 2.63. The molecule has 3 heteroatoms. The molecule has 2 N–H and O–H groups in total. The van der Waals surface area contributed by atoms with Crippen LogP contribution in [0.2, 0.25) is 0 Å². The maximum absolute atomic E-state index is 13.2. The molecule has 0 bridgehead atoms. The molecule has 0 unspecified atom stereocenters. The summed E-state index contributed by atoms with van der Waals surface area (Å²) in [6.45, 7) is 4.98. The number of hydrogen-bond acceptors (Lipinski definition) is 1. The van der Waals surface area contributed by atoms with Gasteiger partial charge in [-0.15, -0.1) is 0 Å². The van der Waals surface area contributed by atoms with Gasteiger partial charge in [0.25, 0.3) is 0 Å². The van der Waals surface area contributed by atoms with Crippen LogP contribution < -0.4 is 5.73 Å². The molecule has 1 aromatic heterocycles. The quantitative estimate of drug-likeness (QED) is 0.865. The van der Waals surface area contributed by atoms with Crippen molar-refractivity contribution in [2.24, 2.45) is 5.73 Å². The molecule has 0 atom stereocenters. The Balaban J connectivity index is 2.53. The molecule has 0 spiro atoms.